The zero-order valence-electron chi connectivity index (χ0n) is 2.58. The van der Waals surface area contributed by atoms with Gasteiger partial charge in [0.2, 0.25) is 0 Å². The summed E-state index contributed by atoms with van der Waals surface area (Å²) < 4.78 is 0. The van der Waals surface area contributed by atoms with Crippen LogP contribution in [0.3, 0.4) is 0 Å². The van der Waals surface area contributed by atoms with Gasteiger partial charge in [-0.2, -0.15) is 0 Å². The van der Waals surface area contributed by atoms with E-state index >= 15 is 0 Å². The zero-order chi connectivity index (χ0) is 0. The van der Waals surface area contributed by atoms with E-state index in [-0.39, 0.29) is 67.7 Å². The topological polar surface area (TPSA) is 63.0 Å². The fourth-order valence-corrected chi connectivity index (χ4v) is 0. The Morgan fingerprint density at radius 2 is 0.500 bits per heavy atom. The monoisotopic (exact) mass is 246 g/mol. The van der Waals surface area contributed by atoms with Gasteiger partial charge in [-0.25, -0.2) is 0 Å². The second-order valence-electron chi connectivity index (χ2n) is 0. The van der Waals surface area contributed by atoms with E-state index < -0.39 is 0 Å². The van der Waals surface area contributed by atoms with Gasteiger partial charge in [-0.15, -0.1) is 37.2 Å². The zero-order valence-corrected chi connectivity index (χ0v) is 6.77. The molecule has 0 heterocycles. The molecule has 0 aromatic carbocycles. The van der Waals surface area contributed by atoms with E-state index in [0.717, 1.165) is 0 Å². The second-order valence-corrected chi connectivity index (χ2v) is 0. The molecule has 0 fully saturated rings. The molecule has 0 saturated carbocycles. The van der Waals surface area contributed by atoms with Crippen molar-refractivity contribution in [1.82, 2.24) is 0 Å². The molecule has 0 aliphatic carbocycles. The molecule has 0 amide bonds. The molecular formula is H7Cl3O2Ru. The predicted molar refractivity (Wildman–Crippen MR) is 29.0 cm³/mol. The molecule has 0 aliphatic rings. The van der Waals surface area contributed by atoms with E-state index in [2.05, 4.69) is 0 Å². The molecule has 0 spiro atoms. The van der Waals surface area contributed by atoms with Crippen molar-refractivity contribution >= 4 is 37.2 Å². The molecule has 0 rings (SSSR count). The molecule has 0 aromatic rings. The van der Waals surface area contributed by atoms with Crippen molar-refractivity contribution in [3.63, 3.8) is 0 Å². The minimum atomic E-state index is 0. The number of hydrogen-bond donors (Lipinski definition) is 0. The molecule has 48 valence electrons. The third kappa shape index (κ3) is 52.8. The maximum atomic E-state index is 0. The van der Waals surface area contributed by atoms with Gasteiger partial charge in [-0.3, -0.25) is 0 Å². The number of halogens is 3. The number of hydrogen-bond acceptors (Lipinski definition) is 0. The molecule has 6 heteroatoms. The average Bonchev–Trinajstić information content (AvgIpc) is 0. The minimum Gasteiger partial charge on any atom is -0.412 e. The van der Waals surface area contributed by atoms with Crippen LogP contribution in [0.4, 0.5) is 0 Å². The molecule has 0 atom stereocenters. The maximum absolute atomic E-state index is 0. The fourth-order valence-electron chi connectivity index (χ4n) is 0. The second kappa shape index (κ2) is 94.1. The van der Waals surface area contributed by atoms with Crippen molar-refractivity contribution < 1.29 is 30.4 Å². The molecule has 0 bridgehead atoms. The van der Waals surface area contributed by atoms with E-state index in [0.29, 0.717) is 0 Å². The third-order valence-electron chi connectivity index (χ3n) is 0. The van der Waals surface area contributed by atoms with Crippen molar-refractivity contribution in [2.75, 3.05) is 0 Å². The van der Waals surface area contributed by atoms with Crippen LogP contribution in [-0.4, -0.2) is 11.0 Å². The largest absolute Gasteiger partial charge is 0.412 e. The molecule has 0 radical (unpaired) electrons. The van der Waals surface area contributed by atoms with E-state index in [1.807, 2.05) is 0 Å². The van der Waals surface area contributed by atoms with Gasteiger partial charge < -0.3 is 11.0 Å². The standard InChI is InChI=1S/3ClH.2H2O.Ru/h3*1H;2*1H2;. The normalized spacial score (nSPS) is 0. The van der Waals surface area contributed by atoms with Crippen LogP contribution in [-0.2, 0) is 19.5 Å². The SMILES string of the molecule is Cl.Cl.Cl.O.O.[Ru]. The van der Waals surface area contributed by atoms with Crippen LogP contribution in [0.2, 0.25) is 0 Å². The third-order valence-corrected chi connectivity index (χ3v) is 0. The summed E-state index contributed by atoms with van der Waals surface area (Å²) in [6, 6.07) is 0. The molecule has 0 aliphatic heterocycles. The summed E-state index contributed by atoms with van der Waals surface area (Å²) in [4.78, 5) is 0. The molecule has 6 heavy (non-hydrogen) atoms. The van der Waals surface area contributed by atoms with Crippen molar-refractivity contribution in [1.29, 1.82) is 0 Å². The Morgan fingerprint density at radius 3 is 0.500 bits per heavy atom. The van der Waals surface area contributed by atoms with Gasteiger partial charge in [0.05, 0.1) is 0 Å². The molecule has 4 N–H and O–H groups in total. The van der Waals surface area contributed by atoms with E-state index in [4.69, 9.17) is 0 Å². The maximum Gasteiger partial charge on any atom is 0 e. The van der Waals surface area contributed by atoms with Crippen LogP contribution in [0, 0.1) is 0 Å². The van der Waals surface area contributed by atoms with Gasteiger partial charge in [0, 0.05) is 19.5 Å². The Hall–Kier alpha value is 1.41. The van der Waals surface area contributed by atoms with Gasteiger partial charge in [-0.1, -0.05) is 0 Å². The Balaban J connectivity index is 0. The molecule has 0 saturated heterocycles. The van der Waals surface area contributed by atoms with Crippen molar-refractivity contribution in [2.24, 2.45) is 0 Å². The van der Waals surface area contributed by atoms with Crippen LogP contribution < -0.4 is 0 Å². The van der Waals surface area contributed by atoms with E-state index in [9.17, 15) is 0 Å². The van der Waals surface area contributed by atoms with Gasteiger partial charge in [-0.05, 0) is 0 Å². The smallest absolute Gasteiger partial charge is 0 e. The Kier molecular flexibility index (Phi) is 2390. The average molecular weight is 246 g/mol. The van der Waals surface area contributed by atoms with E-state index in [1.54, 1.807) is 0 Å². The Labute approximate surface area is 67.7 Å². The molecule has 0 aromatic heterocycles. The minimum absolute atomic E-state index is 0. The first-order valence-electron chi connectivity index (χ1n) is 0. The summed E-state index contributed by atoms with van der Waals surface area (Å²) in [5, 5.41) is 0. The van der Waals surface area contributed by atoms with Gasteiger partial charge in [0.15, 0.2) is 0 Å². The first-order chi connectivity index (χ1) is 0. The Morgan fingerprint density at radius 1 is 0.500 bits per heavy atom. The van der Waals surface area contributed by atoms with Crippen LogP contribution in [0.25, 0.3) is 0 Å². The van der Waals surface area contributed by atoms with Crippen LogP contribution >= 0.6 is 37.2 Å². The van der Waals surface area contributed by atoms with Gasteiger partial charge >= 0.3 is 0 Å². The van der Waals surface area contributed by atoms with Crippen LogP contribution in [0.15, 0.2) is 0 Å². The van der Waals surface area contributed by atoms with E-state index in [1.165, 1.54) is 0 Å². The first kappa shape index (κ1) is 153. The summed E-state index contributed by atoms with van der Waals surface area (Å²) in [7, 11) is 0. The molecular weight excluding hydrogens is 239 g/mol. The summed E-state index contributed by atoms with van der Waals surface area (Å²) in [5.41, 5.74) is 0. The number of rotatable bonds is 0. The first-order valence-corrected chi connectivity index (χ1v) is 0. The fraction of sp³-hybridized carbons (Fsp3) is 0. The predicted octanol–water partition coefficient (Wildman–Crippen LogP) is -0.386. The van der Waals surface area contributed by atoms with Crippen molar-refractivity contribution in [2.45, 2.75) is 0 Å². The Bertz CT molecular complexity index is 8.75. The summed E-state index contributed by atoms with van der Waals surface area (Å²) in [6.45, 7) is 0. The van der Waals surface area contributed by atoms with Crippen molar-refractivity contribution in [3.05, 3.63) is 0 Å². The van der Waals surface area contributed by atoms with Crippen molar-refractivity contribution in [3.8, 4) is 0 Å². The summed E-state index contributed by atoms with van der Waals surface area (Å²) in [5.74, 6) is 0. The van der Waals surface area contributed by atoms with Gasteiger partial charge in [0.1, 0.15) is 0 Å². The summed E-state index contributed by atoms with van der Waals surface area (Å²) >= 11 is 0. The quantitative estimate of drug-likeness (QED) is 0.523. The van der Waals surface area contributed by atoms with Gasteiger partial charge in [0.25, 0.3) is 0 Å². The van der Waals surface area contributed by atoms with Crippen LogP contribution in [0.1, 0.15) is 0 Å². The van der Waals surface area contributed by atoms with Crippen LogP contribution in [0.5, 0.6) is 0 Å². The molecule has 0 unspecified atom stereocenters. The summed E-state index contributed by atoms with van der Waals surface area (Å²) in [6.07, 6.45) is 0. The molecule has 2 nitrogen and oxygen atoms in total.